The Bertz CT molecular complexity index is 540. The van der Waals surface area contributed by atoms with E-state index in [0.29, 0.717) is 22.1 Å². The van der Waals surface area contributed by atoms with E-state index in [-0.39, 0.29) is 0 Å². The van der Waals surface area contributed by atoms with Gasteiger partial charge in [-0.05, 0) is 43.9 Å². The molecule has 0 amide bonds. The van der Waals surface area contributed by atoms with Gasteiger partial charge in [-0.25, -0.2) is 4.99 Å². The number of benzene rings is 1. The number of hydrogen-bond donors (Lipinski definition) is 2. The zero-order chi connectivity index (χ0) is 16.8. The SMILES string of the molecule is Clc1ccc(Cl)c(N=C(NC2CCCCC2)NC2CCCCC2)c1. The number of nitrogens with one attached hydrogen (secondary N) is 2. The van der Waals surface area contributed by atoms with E-state index >= 15 is 0 Å². The molecule has 2 saturated carbocycles. The molecule has 2 aliphatic rings. The Morgan fingerprint density at radius 2 is 1.38 bits per heavy atom. The molecule has 1 aromatic carbocycles. The molecule has 0 saturated heterocycles. The molecule has 2 aliphatic carbocycles. The normalized spacial score (nSPS) is 19.8. The summed E-state index contributed by atoms with van der Waals surface area (Å²) in [5.74, 6) is 0.859. The van der Waals surface area contributed by atoms with E-state index in [2.05, 4.69) is 10.6 Å². The minimum Gasteiger partial charge on any atom is -0.353 e. The van der Waals surface area contributed by atoms with Crippen LogP contribution in [0.5, 0.6) is 0 Å². The monoisotopic (exact) mass is 367 g/mol. The molecule has 0 heterocycles. The van der Waals surface area contributed by atoms with Crippen molar-refractivity contribution in [1.82, 2.24) is 10.6 Å². The Kier molecular flexibility index (Phi) is 6.67. The van der Waals surface area contributed by atoms with E-state index in [1.165, 1.54) is 64.2 Å². The summed E-state index contributed by atoms with van der Waals surface area (Å²) in [6.07, 6.45) is 12.8. The third kappa shape index (κ3) is 5.29. The summed E-state index contributed by atoms with van der Waals surface area (Å²) in [5, 5.41) is 8.56. The van der Waals surface area contributed by atoms with E-state index in [4.69, 9.17) is 28.2 Å². The number of halogens is 2. The van der Waals surface area contributed by atoms with Crippen molar-refractivity contribution in [2.24, 2.45) is 4.99 Å². The molecular weight excluding hydrogens is 341 g/mol. The molecule has 0 aromatic heterocycles. The lowest BCUT2D eigenvalue weighted by Crippen LogP contribution is -2.48. The average Bonchev–Trinajstić information content (AvgIpc) is 2.60. The van der Waals surface area contributed by atoms with Gasteiger partial charge in [0.15, 0.2) is 5.96 Å². The van der Waals surface area contributed by atoms with Gasteiger partial charge in [0.2, 0.25) is 0 Å². The average molecular weight is 368 g/mol. The van der Waals surface area contributed by atoms with Gasteiger partial charge in [-0.2, -0.15) is 0 Å². The first-order valence-electron chi connectivity index (χ1n) is 9.27. The largest absolute Gasteiger partial charge is 0.353 e. The number of aliphatic imine (C=N–C) groups is 1. The first-order chi connectivity index (χ1) is 11.7. The Labute approximate surface area is 155 Å². The highest BCUT2D eigenvalue weighted by molar-refractivity contribution is 6.35. The van der Waals surface area contributed by atoms with Gasteiger partial charge in [-0.1, -0.05) is 61.7 Å². The predicted octanol–water partition coefficient (Wildman–Crippen LogP) is 5.83. The van der Waals surface area contributed by atoms with Crippen LogP contribution in [0.15, 0.2) is 23.2 Å². The van der Waals surface area contributed by atoms with E-state index in [1.54, 1.807) is 6.07 Å². The highest BCUT2D eigenvalue weighted by Crippen LogP contribution is 2.28. The molecule has 2 N–H and O–H groups in total. The maximum Gasteiger partial charge on any atom is 0.196 e. The molecular formula is C19H27Cl2N3. The van der Waals surface area contributed by atoms with Crippen LogP contribution in [0.25, 0.3) is 0 Å². The van der Waals surface area contributed by atoms with Crippen LogP contribution in [-0.2, 0) is 0 Å². The van der Waals surface area contributed by atoms with Crippen molar-refractivity contribution in [3.63, 3.8) is 0 Å². The van der Waals surface area contributed by atoms with E-state index in [1.807, 2.05) is 12.1 Å². The van der Waals surface area contributed by atoms with Crippen LogP contribution >= 0.6 is 23.2 Å². The number of rotatable bonds is 3. The Morgan fingerprint density at radius 3 is 1.92 bits per heavy atom. The van der Waals surface area contributed by atoms with Gasteiger partial charge in [0.1, 0.15) is 0 Å². The van der Waals surface area contributed by atoms with Gasteiger partial charge in [0.05, 0.1) is 10.7 Å². The quantitative estimate of drug-likeness (QED) is 0.521. The second-order valence-electron chi connectivity index (χ2n) is 7.01. The third-order valence-electron chi connectivity index (χ3n) is 5.03. The number of nitrogens with zero attached hydrogens (tertiary/aromatic N) is 1. The predicted molar refractivity (Wildman–Crippen MR) is 104 cm³/mol. The van der Waals surface area contributed by atoms with Gasteiger partial charge in [-0.3, -0.25) is 0 Å². The summed E-state index contributed by atoms with van der Waals surface area (Å²) in [6.45, 7) is 0. The van der Waals surface area contributed by atoms with Crippen molar-refractivity contribution in [1.29, 1.82) is 0 Å². The lowest BCUT2D eigenvalue weighted by atomic mass is 9.95. The molecule has 0 spiro atoms. The van der Waals surface area contributed by atoms with Gasteiger partial charge in [0.25, 0.3) is 0 Å². The maximum atomic E-state index is 6.30. The zero-order valence-electron chi connectivity index (χ0n) is 14.2. The van der Waals surface area contributed by atoms with Crippen molar-refractivity contribution in [3.8, 4) is 0 Å². The first kappa shape index (κ1) is 17.9. The van der Waals surface area contributed by atoms with E-state index in [0.717, 1.165) is 11.6 Å². The molecule has 0 bridgehead atoms. The molecule has 3 rings (SSSR count). The topological polar surface area (TPSA) is 36.4 Å². The smallest absolute Gasteiger partial charge is 0.196 e. The highest BCUT2D eigenvalue weighted by Gasteiger charge is 2.19. The van der Waals surface area contributed by atoms with Crippen LogP contribution in [-0.4, -0.2) is 18.0 Å². The molecule has 0 atom stereocenters. The number of guanidine groups is 1. The second-order valence-corrected chi connectivity index (χ2v) is 7.86. The Morgan fingerprint density at radius 1 is 0.833 bits per heavy atom. The molecule has 0 unspecified atom stereocenters. The van der Waals surface area contributed by atoms with Crippen LogP contribution in [0.3, 0.4) is 0 Å². The summed E-state index contributed by atoms with van der Waals surface area (Å²) in [6, 6.07) is 6.44. The molecule has 5 heteroatoms. The van der Waals surface area contributed by atoms with E-state index in [9.17, 15) is 0 Å². The molecule has 132 valence electrons. The van der Waals surface area contributed by atoms with Gasteiger partial charge >= 0.3 is 0 Å². The summed E-state index contributed by atoms with van der Waals surface area (Å²) < 4.78 is 0. The van der Waals surface area contributed by atoms with Crippen molar-refractivity contribution < 1.29 is 0 Å². The Balaban J connectivity index is 1.76. The summed E-state index contributed by atoms with van der Waals surface area (Å²) in [7, 11) is 0. The fraction of sp³-hybridized carbons (Fsp3) is 0.632. The third-order valence-corrected chi connectivity index (χ3v) is 5.59. The first-order valence-corrected chi connectivity index (χ1v) is 10.0. The fourth-order valence-electron chi connectivity index (χ4n) is 3.68. The van der Waals surface area contributed by atoms with Crippen molar-refractivity contribution in [3.05, 3.63) is 28.2 Å². The van der Waals surface area contributed by atoms with Crippen LogP contribution in [0, 0.1) is 0 Å². The van der Waals surface area contributed by atoms with Crippen molar-refractivity contribution in [2.45, 2.75) is 76.3 Å². The molecule has 1 aromatic rings. The van der Waals surface area contributed by atoms with Gasteiger partial charge < -0.3 is 10.6 Å². The molecule has 2 fully saturated rings. The lowest BCUT2D eigenvalue weighted by Gasteiger charge is -2.29. The molecule has 24 heavy (non-hydrogen) atoms. The molecule has 3 nitrogen and oxygen atoms in total. The minimum atomic E-state index is 0.506. The van der Waals surface area contributed by atoms with E-state index < -0.39 is 0 Å². The van der Waals surface area contributed by atoms with Crippen LogP contribution in [0.4, 0.5) is 5.69 Å². The minimum absolute atomic E-state index is 0.506. The second kappa shape index (κ2) is 8.96. The maximum absolute atomic E-state index is 6.30. The zero-order valence-corrected chi connectivity index (χ0v) is 15.7. The van der Waals surface area contributed by atoms with Crippen molar-refractivity contribution >= 4 is 34.8 Å². The fourth-order valence-corrected chi connectivity index (χ4v) is 4.00. The molecule has 0 radical (unpaired) electrons. The summed E-state index contributed by atoms with van der Waals surface area (Å²) in [4.78, 5) is 4.79. The van der Waals surface area contributed by atoms with Crippen LogP contribution in [0.2, 0.25) is 10.0 Å². The van der Waals surface area contributed by atoms with Crippen LogP contribution < -0.4 is 10.6 Å². The lowest BCUT2D eigenvalue weighted by molar-refractivity contribution is 0.389. The van der Waals surface area contributed by atoms with Gasteiger partial charge in [0, 0.05) is 17.1 Å². The summed E-state index contributed by atoms with van der Waals surface area (Å²) in [5.41, 5.74) is 0.728. The standard InChI is InChI=1S/C19H27Cl2N3/c20-14-11-12-17(21)18(13-14)24-19(22-15-7-3-1-4-8-15)23-16-9-5-2-6-10-16/h11-13,15-16H,1-10H2,(H2,22,23,24). The highest BCUT2D eigenvalue weighted by atomic mass is 35.5. The van der Waals surface area contributed by atoms with Crippen LogP contribution in [0.1, 0.15) is 64.2 Å². The van der Waals surface area contributed by atoms with Crippen molar-refractivity contribution in [2.75, 3.05) is 0 Å². The molecule has 0 aliphatic heterocycles. The Hall–Kier alpha value is -0.930. The number of hydrogen-bond acceptors (Lipinski definition) is 1. The van der Waals surface area contributed by atoms with Gasteiger partial charge in [-0.15, -0.1) is 0 Å². The summed E-state index contributed by atoms with van der Waals surface area (Å²) >= 11 is 12.4.